The number of hydrogen-bond acceptors (Lipinski definition) is 5. The maximum absolute atomic E-state index is 12.2. The van der Waals surface area contributed by atoms with Crippen molar-refractivity contribution in [2.24, 2.45) is 0 Å². The first-order valence-corrected chi connectivity index (χ1v) is 8.88. The third-order valence-electron chi connectivity index (χ3n) is 3.66. The Morgan fingerprint density at radius 2 is 2.00 bits per heavy atom. The van der Waals surface area contributed by atoms with Crippen LogP contribution in [0.3, 0.4) is 0 Å². The lowest BCUT2D eigenvalue weighted by Crippen LogP contribution is -2.37. The highest BCUT2D eigenvalue weighted by Crippen LogP contribution is 2.20. The van der Waals surface area contributed by atoms with E-state index in [9.17, 15) is 8.42 Å². The largest absolute Gasteiger partial charge is 0.491 e. The molecule has 6 nitrogen and oxygen atoms in total. The molecule has 0 aliphatic carbocycles. The summed E-state index contributed by atoms with van der Waals surface area (Å²) >= 11 is 0. The number of nitrogens with one attached hydrogen (secondary N) is 1. The van der Waals surface area contributed by atoms with E-state index in [0.29, 0.717) is 26.2 Å². The first kappa shape index (κ1) is 17.2. The molecular formula is C15H23NO5S. The molecule has 2 unspecified atom stereocenters. The number of sulfonamides is 1. The van der Waals surface area contributed by atoms with Gasteiger partial charge in [0.2, 0.25) is 10.0 Å². The molecular weight excluding hydrogens is 306 g/mol. The normalized spacial score (nSPS) is 21.9. The van der Waals surface area contributed by atoms with Crippen LogP contribution in [0.5, 0.6) is 5.75 Å². The molecule has 2 rings (SSSR count). The van der Waals surface area contributed by atoms with Crippen molar-refractivity contribution in [2.45, 2.75) is 31.2 Å². The van der Waals surface area contributed by atoms with Crippen molar-refractivity contribution in [1.82, 2.24) is 4.72 Å². The molecule has 1 aliphatic rings. The van der Waals surface area contributed by atoms with Crippen LogP contribution in [-0.2, 0) is 26.0 Å². The van der Waals surface area contributed by atoms with Crippen LogP contribution in [0, 0.1) is 0 Å². The molecule has 0 amide bonds. The topological polar surface area (TPSA) is 73.9 Å². The van der Waals surface area contributed by atoms with Crippen LogP contribution in [0.15, 0.2) is 24.3 Å². The minimum Gasteiger partial charge on any atom is -0.491 e. The molecule has 1 saturated heterocycles. The Hall–Kier alpha value is -1.15. The Balaban J connectivity index is 1.86. The summed E-state index contributed by atoms with van der Waals surface area (Å²) in [6, 6.07) is 7.33. The fourth-order valence-corrected chi connectivity index (χ4v) is 3.93. The fourth-order valence-electron chi connectivity index (χ4n) is 2.36. The molecule has 1 aliphatic heterocycles. The Kier molecular flexibility index (Phi) is 6.19. The molecule has 2 atom stereocenters. The van der Waals surface area contributed by atoms with Gasteiger partial charge in [-0.2, -0.15) is 0 Å². The molecule has 1 N–H and O–H groups in total. The van der Waals surface area contributed by atoms with Crippen LogP contribution < -0.4 is 9.46 Å². The predicted octanol–water partition coefficient (Wildman–Crippen LogP) is 1.31. The zero-order chi connectivity index (χ0) is 16.0. The number of hydrogen-bond donors (Lipinski definition) is 1. The number of rotatable bonds is 8. The van der Waals surface area contributed by atoms with E-state index in [2.05, 4.69) is 4.72 Å². The molecule has 124 valence electrons. The van der Waals surface area contributed by atoms with Crippen LogP contribution in [-0.4, -0.2) is 46.7 Å². The molecule has 0 aromatic heterocycles. The van der Waals surface area contributed by atoms with Gasteiger partial charge in [-0.25, -0.2) is 13.1 Å². The molecule has 1 fully saturated rings. The van der Waals surface area contributed by atoms with Crippen molar-refractivity contribution in [3.8, 4) is 5.75 Å². The summed E-state index contributed by atoms with van der Waals surface area (Å²) in [5.41, 5.74) is 0.884. The summed E-state index contributed by atoms with van der Waals surface area (Å²) in [6.45, 7) is 3.58. The van der Waals surface area contributed by atoms with E-state index < -0.39 is 15.3 Å². The van der Waals surface area contributed by atoms with Gasteiger partial charge in [-0.05, 0) is 31.0 Å². The molecule has 22 heavy (non-hydrogen) atoms. The van der Waals surface area contributed by atoms with E-state index in [1.807, 2.05) is 24.3 Å². The summed E-state index contributed by atoms with van der Waals surface area (Å²) in [5, 5.41) is -0.468. The lowest BCUT2D eigenvalue weighted by molar-refractivity contribution is 0.126. The van der Waals surface area contributed by atoms with E-state index in [1.54, 1.807) is 14.0 Å². The molecule has 1 aromatic carbocycles. The van der Waals surface area contributed by atoms with Gasteiger partial charge in [-0.3, -0.25) is 0 Å². The lowest BCUT2D eigenvalue weighted by atomic mass is 10.2. The SMILES string of the molecule is COCCOc1ccc(CNS(=O)(=O)C2CCOC2C)cc1. The Morgan fingerprint density at radius 3 is 2.59 bits per heavy atom. The minimum absolute atomic E-state index is 0.255. The van der Waals surface area contributed by atoms with Crippen LogP contribution in [0.2, 0.25) is 0 Å². The van der Waals surface area contributed by atoms with Crippen molar-refractivity contribution in [3.05, 3.63) is 29.8 Å². The third-order valence-corrected chi connectivity index (χ3v) is 5.63. The van der Waals surface area contributed by atoms with E-state index in [1.165, 1.54) is 0 Å². The summed E-state index contributed by atoms with van der Waals surface area (Å²) in [6.07, 6.45) is 0.289. The van der Waals surface area contributed by atoms with Gasteiger partial charge in [0, 0.05) is 20.3 Å². The standard InChI is InChI=1S/C15H23NO5S/c1-12-15(7-8-20-12)22(17,18)16-11-13-3-5-14(6-4-13)21-10-9-19-2/h3-6,12,15-16H,7-11H2,1-2H3. The van der Waals surface area contributed by atoms with E-state index in [-0.39, 0.29) is 12.6 Å². The number of ether oxygens (including phenoxy) is 3. The second-order valence-electron chi connectivity index (χ2n) is 5.25. The predicted molar refractivity (Wildman–Crippen MR) is 83.4 cm³/mol. The first-order chi connectivity index (χ1) is 10.5. The van der Waals surface area contributed by atoms with E-state index in [0.717, 1.165) is 11.3 Å². The van der Waals surface area contributed by atoms with Crippen molar-refractivity contribution >= 4 is 10.0 Å². The van der Waals surface area contributed by atoms with Crippen LogP contribution in [0.1, 0.15) is 18.9 Å². The molecule has 0 saturated carbocycles. The van der Waals surface area contributed by atoms with Crippen molar-refractivity contribution in [3.63, 3.8) is 0 Å². The zero-order valence-corrected chi connectivity index (χ0v) is 13.8. The third kappa shape index (κ3) is 4.67. The summed E-state index contributed by atoms with van der Waals surface area (Å²) < 4.78 is 42.8. The van der Waals surface area contributed by atoms with Gasteiger partial charge in [0.25, 0.3) is 0 Å². The second kappa shape index (κ2) is 7.92. The van der Waals surface area contributed by atoms with Gasteiger partial charge < -0.3 is 14.2 Å². The van der Waals surface area contributed by atoms with Crippen molar-refractivity contribution in [1.29, 1.82) is 0 Å². The van der Waals surface area contributed by atoms with Gasteiger partial charge in [0.05, 0.1) is 12.7 Å². The molecule has 1 heterocycles. The summed E-state index contributed by atoms with van der Waals surface area (Å²) in [5.74, 6) is 0.737. The van der Waals surface area contributed by atoms with Crippen molar-refractivity contribution in [2.75, 3.05) is 26.9 Å². The monoisotopic (exact) mass is 329 g/mol. The highest BCUT2D eigenvalue weighted by molar-refractivity contribution is 7.90. The van der Waals surface area contributed by atoms with Gasteiger partial charge >= 0.3 is 0 Å². The highest BCUT2D eigenvalue weighted by atomic mass is 32.2. The van der Waals surface area contributed by atoms with Gasteiger partial charge in [-0.15, -0.1) is 0 Å². The molecule has 7 heteroatoms. The smallest absolute Gasteiger partial charge is 0.217 e. The average Bonchev–Trinajstić information content (AvgIpc) is 2.94. The Morgan fingerprint density at radius 1 is 1.27 bits per heavy atom. The number of methoxy groups -OCH3 is 1. The maximum atomic E-state index is 12.2. The van der Waals surface area contributed by atoms with Gasteiger partial charge in [0.1, 0.15) is 17.6 Å². The lowest BCUT2D eigenvalue weighted by Gasteiger charge is -2.16. The highest BCUT2D eigenvalue weighted by Gasteiger charge is 2.35. The zero-order valence-electron chi connectivity index (χ0n) is 12.9. The summed E-state index contributed by atoms with van der Waals surface area (Å²) in [4.78, 5) is 0. The van der Waals surface area contributed by atoms with E-state index >= 15 is 0 Å². The second-order valence-corrected chi connectivity index (χ2v) is 7.24. The Labute approximate surface area is 131 Å². The Bertz CT molecular complexity index is 558. The minimum atomic E-state index is -3.36. The molecule has 0 radical (unpaired) electrons. The quantitative estimate of drug-likeness (QED) is 0.728. The molecule has 0 bridgehead atoms. The average molecular weight is 329 g/mol. The van der Waals surface area contributed by atoms with E-state index in [4.69, 9.17) is 14.2 Å². The summed E-state index contributed by atoms with van der Waals surface area (Å²) in [7, 11) is -1.74. The van der Waals surface area contributed by atoms with Gasteiger partial charge in [0.15, 0.2) is 0 Å². The first-order valence-electron chi connectivity index (χ1n) is 7.33. The number of benzene rings is 1. The molecule has 0 spiro atoms. The van der Waals surface area contributed by atoms with Crippen LogP contribution in [0.25, 0.3) is 0 Å². The fraction of sp³-hybridized carbons (Fsp3) is 0.600. The van der Waals surface area contributed by atoms with Crippen molar-refractivity contribution < 1.29 is 22.6 Å². The van der Waals surface area contributed by atoms with Crippen LogP contribution in [0.4, 0.5) is 0 Å². The maximum Gasteiger partial charge on any atom is 0.217 e. The van der Waals surface area contributed by atoms with Gasteiger partial charge in [-0.1, -0.05) is 12.1 Å². The molecule has 1 aromatic rings. The van der Waals surface area contributed by atoms with Crippen LogP contribution >= 0.6 is 0 Å².